The highest BCUT2D eigenvalue weighted by Crippen LogP contribution is 2.20. The van der Waals surface area contributed by atoms with Gasteiger partial charge in [0.05, 0.1) is 6.54 Å². The van der Waals surface area contributed by atoms with Crippen LogP contribution in [-0.4, -0.2) is 57.8 Å². The van der Waals surface area contributed by atoms with Crippen LogP contribution < -0.4 is 5.73 Å². The summed E-state index contributed by atoms with van der Waals surface area (Å²) in [4.78, 5) is 39.3. The number of carbonyl (C=O) groups excluding carboxylic acids is 3. The molecule has 7 nitrogen and oxygen atoms in total. The maximum absolute atomic E-state index is 12.8. The normalized spacial score (nSPS) is 17.8. The second kappa shape index (κ2) is 6.58. The van der Waals surface area contributed by atoms with E-state index in [0.29, 0.717) is 13.1 Å². The summed E-state index contributed by atoms with van der Waals surface area (Å²) in [5.74, 6) is -0.879. The molecular formula is C18H22N4O3. The summed E-state index contributed by atoms with van der Waals surface area (Å²) in [5, 5.41) is 1.07. The van der Waals surface area contributed by atoms with Crippen LogP contribution >= 0.6 is 0 Å². The highest BCUT2D eigenvalue weighted by molar-refractivity contribution is 5.89. The fourth-order valence-corrected chi connectivity index (χ4v) is 3.40. The molecule has 1 fully saturated rings. The topological polar surface area (TPSA) is 88.6 Å². The standard InChI is InChI=1S/C18H22N4O3/c1-12-9-14-5-3-4-6-15(14)22(12)11-17(24)21-8-7-20(13(2)23)10-16(21)18(19)25/h3-6,9,16H,7-8,10-11H2,1-2H3,(H2,19,25). The molecule has 1 unspecified atom stereocenters. The summed E-state index contributed by atoms with van der Waals surface area (Å²) < 4.78 is 1.94. The smallest absolute Gasteiger partial charge is 0.243 e. The fourth-order valence-electron chi connectivity index (χ4n) is 3.40. The van der Waals surface area contributed by atoms with Gasteiger partial charge in [0.1, 0.15) is 12.6 Å². The molecule has 3 rings (SSSR count). The Morgan fingerprint density at radius 1 is 1.20 bits per heavy atom. The van der Waals surface area contributed by atoms with Gasteiger partial charge in [0.15, 0.2) is 0 Å². The molecule has 0 saturated carbocycles. The third-order valence-corrected chi connectivity index (χ3v) is 4.79. The van der Waals surface area contributed by atoms with E-state index >= 15 is 0 Å². The zero-order chi connectivity index (χ0) is 18.1. The summed E-state index contributed by atoms with van der Waals surface area (Å²) in [6, 6.07) is 9.10. The molecule has 1 aromatic heterocycles. The predicted molar refractivity (Wildman–Crippen MR) is 93.6 cm³/mol. The van der Waals surface area contributed by atoms with E-state index in [4.69, 9.17) is 5.73 Å². The molecule has 2 N–H and O–H groups in total. The van der Waals surface area contributed by atoms with Crippen LogP contribution in [0.1, 0.15) is 12.6 Å². The van der Waals surface area contributed by atoms with Gasteiger partial charge in [-0.1, -0.05) is 18.2 Å². The number of para-hydroxylation sites is 1. The maximum Gasteiger partial charge on any atom is 0.243 e. The van der Waals surface area contributed by atoms with Crippen LogP contribution in [0.3, 0.4) is 0 Å². The van der Waals surface area contributed by atoms with Gasteiger partial charge in [-0.15, -0.1) is 0 Å². The molecule has 25 heavy (non-hydrogen) atoms. The maximum atomic E-state index is 12.8. The van der Waals surface area contributed by atoms with Gasteiger partial charge in [-0.2, -0.15) is 0 Å². The number of fused-ring (bicyclic) bond motifs is 1. The lowest BCUT2D eigenvalue weighted by Crippen LogP contribution is -2.61. The Labute approximate surface area is 146 Å². The average Bonchev–Trinajstić information content (AvgIpc) is 2.89. The molecule has 0 radical (unpaired) electrons. The van der Waals surface area contributed by atoms with E-state index in [1.165, 1.54) is 11.8 Å². The highest BCUT2D eigenvalue weighted by atomic mass is 16.2. The van der Waals surface area contributed by atoms with Gasteiger partial charge in [-0.05, 0) is 24.4 Å². The van der Waals surface area contributed by atoms with Gasteiger partial charge in [0.25, 0.3) is 0 Å². The molecule has 1 saturated heterocycles. The van der Waals surface area contributed by atoms with Crippen molar-refractivity contribution < 1.29 is 14.4 Å². The first-order valence-electron chi connectivity index (χ1n) is 8.27. The van der Waals surface area contributed by atoms with E-state index in [-0.39, 0.29) is 24.9 Å². The highest BCUT2D eigenvalue weighted by Gasteiger charge is 2.35. The number of amides is 3. The molecule has 0 aliphatic carbocycles. The Bertz CT molecular complexity index is 842. The lowest BCUT2D eigenvalue weighted by Gasteiger charge is -2.39. The molecule has 132 valence electrons. The lowest BCUT2D eigenvalue weighted by molar-refractivity contribution is -0.147. The summed E-state index contributed by atoms with van der Waals surface area (Å²) in [7, 11) is 0. The number of benzene rings is 1. The quantitative estimate of drug-likeness (QED) is 0.881. The molecule has 0 bridgehead atoms. The number of aromatic nitrogens is 1. The fraction of sp³-hybridized carbons (Fsp3) is 0.389. The van der Waals surface area contributed by atoms with Gasteiger partial charge in [-0.25, -0.2) is 0 Å². The van der Waals surface area contributed by atoms with E-state index < -0.39 is 11.9 Å². The first-order valence-corrected chi connectivity index (χ1v) is 8.27. The van der Waals surface area contributed by atoms with Crippen molar-refractivity contribution in [3.05, 3.63) is 36.0 Å². The van der Waals surface area contributed by atoms with Crippen molar-refractivity contribution in [2.75, 3.05) is 19.6 Å². The van der Waals surface area contributed by atoms with E-state index in [9.17, 15) is 14.4 Å². The van der Waals surface area contributed by atoms with Gasteiger partial charge in [-0.3, -0.25) is 14.4 Å². The van der Waals surface area contributed by atoms with Crippen molar-refractivity contribution in [1.82, 2.24) is 14.4 Å². The van der Waals surface area contributed by atoms with Crippen LogP contribution in [0.5, 0.6) is 0 Å². The number of nitrogens with two attached hydrogens (primary N) is 1. The third kappa shape index (κ3) is 3.22. The Kier molecular flexibility index (Phi) is 4.48. The van der Waals surface area contributed by atoms with E-state index in [0.717, 1.165) is 16.6 Å². The third-order valence-electron chi connectivity index (χ3n) is 4.79. The molecular weight excluding hydrogens is 320 g/mol. The molecule has 3 amide bonds. The van der Waals surface area contributed by atoms with Crippen LogP contribution in [0.15, 0.2) is 30.3 Å². The van der Waals surface area contributed by atoms with E-state index in [2.05, 4.69) is 0 Å². The van der Waals surface area contributed by atoms with Gasteiger partial charge in [0, 0.05) is 31.2 Å². The monoisotopic (exact) mass is 342 g/mol. The van der Waals surface area contributed by atoms with Crippen molar-refractivity contribution in [1.29, 1.82) is 0 Å². The minimum absolute atomic E-state index is 0.120. The molecule has 1 atom stereocenters. The summed E-state index contributed by atoms with van der Waals surface area (Å²) >= 11 is 0. The van der Waals surface area contributed by atoms with Crippen LogP contribution in [0.25, 0.3) is 10.9 Å². The Balaban J connectivity index is 1.83. The number of rotatable bonds is 3. The predicted octanol–water partition coefficient (Wildman–Crippen LogP) is 0.494. The van der Waals surface area contributed by atoms with Crippen molar-refractivity contribution in [3.8, 4) is 0 Å². The summed E-state index contributed by atoms with van der Waals surface area (Å²) in [5.41, 5.74) is 7.43. The second-order valence-corrected chi connectivity index (χ2v) is 6.40. The van der Waals surface area contributed by atoms with Gasteiger partial charge in [0.2, 0.25) is 17.7 Å². The van der Waals surface area contributed by atoms with Crippen molar-refractivity contribution >= 4 is 28.6 Å². The summed E-state index contributed by atoms with van der Waals surface area (Å²) in [6.45, 7) is 4.42. The first kappa shape index (κ1) is 17.0. The molecule has 1 aliphatic rings. The Hall–Kier alpha value is -2.83. The molecule has 2 heterocycles. The molecule has 1 aromatic carbocycles. The molecule has 2 aromatic rings. The molecule has 0 spiro atoms. The first-order chi connectivity index (χ1) is 11.9. The summed E-state index contributed by atoms with van der Waals surface area (Å²) in [6.07, 6.45) is 0. The van der Waals surface area contributed by atoms with E-state index in [1.807, 2.05) is 41.8 Å². The Morgan fingerprint density at radius 3 is 2.60 bits per heavy atom. The van der Waals surface area contributed by atoms with Crippen molar-refractivity contribution in [3.63, 3.8) is 0 Å². The average molecular weight is 342 g/mol. The number of hydrogen-bond donors (Lipinski definition) is 1. The van der Waals surface area contributed by atoms with Gasteiger partial charge >= 0.3 is 0 Å². The molecule has 1 aliphatic heterocycles. The lowest BCUT2D eigenvalue weighted by atomic mass is 10.1. The molecule has 7 heteroatoms. The number of piperazine rings is 1. The zero-order valence-corrected chi connectivity index (χ0v) is 14.4. The minimum Gasteiger partial charge on any atom is -0.368 e. The second-order valence-electron chi connectivity index (χ2n) is 6.40. The Morgan fingerprint density at radius 2 is 1.92 bits per heavy atom. The number of aryl methyl sites for hydroxylation is 1. The van der Waals surface area contributed by atoms with Crippen molar-refractivity contribution in [2.24, 2.45) is 5.73 Å². The largest absolute Gasteiger partial charge is 0.368 e. The zero-order valence-electron chi connectivity index (χ0n) is 14.4. The number of carbonyl (C=O) groups is 3. The van der Waals surface area contributed by atoms with Crippen LogP contribution in [0.4, 0.5) is 0 Å². The van der Waals surface area contributed by atoms with E-state index in [1.54, 1.807) is 4.90 Å². The van der Waals surface area contributed by atoms with Crippen molar-refractivity contribution in [2.45, 2.75) is 26.4 Å². The number of primary amides is 1. The van der Waals surface area contributed by atoms with Crippen LogP contribution in [0.2, 0.25) is 0 Å². The minimum atomic E-state index is -0.785. The SMILES string of the molecule is CC(=O)N1CCN(C(=O)Cn2c(C)cc3ccccc32)C(C(N)=O)C1. The number of nitrogens with zero attached hydrogens (tertiary/aromatic N) is 3. The van der Waals surface area contributed by atoms with Crippen LogP contribution in [-0.2, 0) is 20.9 Å². The van der Waals surface area contributed by atoms with Gasteiger partial charge < -0.3 is 20.1 Å². The number of hydrogen-bond acceptors (Lipinski definition) is 3. The van der Waals surface area contributed by atoms with Crippen LogP contribution in [0, 0.1) is 6.92 Å².